The molecule has 2 rings (SSSR count). The summed E-state index contributed by atoms with van der Waals surface area (Å²) in [7, 11) is 0. The maximum Gasteiger partial charge on any atom is 0.0970 e. The third-order valence-electron chi connectivity index (χ3n) is 1.93. The molecule has 0 saturated heterocycles. The van der Waals surface area contributed by atoms with E-state index in [1.165, 1.54) is 5.39 Å². The lowest BCUT2D eigenvalue weighted by Crippen LogP contribution is -1.88. The second kappa shape index (κ2) is 4.01. The fourth-order valence-corrected chi connectivity index (χ4v) is 2.14. The molecular weight excluding hydrogens is 190 g/mol. The van der Waals surface area contributed by atoms with Gasteiger partial charge >= 0.3 is 0 Å². The van der Waals surface area contributed by atoms with Crippen LogP contribution in [-0.2, 0) is 0 Å². The van der Waals surface area contributed by atoms with Crippen molar-refractivity contribution in [3.8, 4) is 0 Å². The highest BCUT2D eigenvalue weighted by molar-refractivity contribution is 7.99. The van der Waals surface area contributed by atoms with Crippen molar-refractivity contribution in [2.75, 3.05) is 0 Å². The van der Waals surface area contributed by atoms with Gasteiger partial charge in [0.15, 0.2) is 0 Å². The van der Waals surface area contributed by atoms with Crippen molar-refractivity contribution < 1.29 is 0 Å². The number of hydrogen-bond acceptors (Lipinski definition) is 2. The molecule has 0 unspecified atom stereocenters. The van der Waals surface area contributed by atoms with Gasteiger partial charge < -0.3 is 0 Å². The van der Waals surface area contributed by atoms with Crippen LogP contribution in [0.15, 0.2) is 41.4 Å². The Labute approximate surface area is 88.6 Å². The number of para-hydroxylation sites is 1. The molecule has 2 heteroatoms. The maximum atomic E-state index is 4.58. The third kappa shape index (κ3) is 2.07. The van der Waals surface area contributed by atoms with Crippen LogP contribution in [0.25, 0.3) is 10.9 Å². The van der Waals surface area contributed by atoms with Crippen molar-refractivity contribution in [2.24, 2.45) is 0 Å². The van der Waals surface area contributed by atoms with Gasteiger partial charge in [-0.15, -0.1) is 11.8 Å². The topological polar surface area (TPSA) is 12.9 Å². The number of fused-ring (bicyclic) bond motifs is 1. The van der Waals surface area contributed by atoms with Gasteiger partial charge in [-0.05, 0) is 12.1 Å². The summed E-state index contributed by atoms with van der Waals surface area (Å²) >= 11 is 1.80. The Morgan fingerprint density at radius 2 is 1.86 bits per heavy atom. The summed E-state index contributed by atoms with van der Waals surface area (Å²) in [6, 6.07) is 12.4. The molecule has 0 bridgehead atoms. The molecule has 0 aliphatic carbocycles. The van der Waals surface area contributed by atoms with Crippen LogP contribution in [0.1, 0.15) is 13.8 Å². The molecule has 0 aliphatic heterocycles. The van der Waals surface area contributed by atoms with Crippen LogP contribution in [0.3, 0.4) is 0 Å². The summed E-state index contributed by atoms with van der Waals surface area (Å²) in [5, 5.41) is 2.91. The molecule has 0 spiro atoms. The first-order valence-electron chi connectivity index (χ1n) is 4.78. The molecule has 0 fully saturated rings. The Morgan fingerprint density at radius 3 is 2.64 bits per heavy atom. The van der Waals surface area contributed by atoms with Crippen molar-refractivity contribution in [3.63, 3.8) is 0 Å². The van der Waals surface area contributed by atoms with Crippen LogP contribution in [0, 0.1) is 0 Å². The van der Waals surface area contributed by atoms with Gasteiger partial charge in [0.05, 0.1) is 10.5 Å². The number of thioether (sulfide) groups is 1. The van der Waals surface area contributed by atoms with E-state index in [-0.39, 0.29) is 0 Å². The summed E-state index contributed by atoms with van der Waals surface area (Å²) in [6.45, 7) is 4.36. The molecule has 0 atom stereocenters. The monoisotopic (exact) mass is 203 g/mol. The third-order valence-corrected chi connectivity index (χ3v) is 2.87. The average Bonchev–Trinajstić information content (AvgIpc) is 2.17. The Balaban J connectivity index is 2.41. The van der Waals surface area contributed by atoms with Crippen molar-refractivity contribution in [2.45, 2.75) is 24.1 Å². The summed E-state index contributed by atoms with van der Waals surface area (Å²) in [5.41, 5.74) is 1.08. The molecule has 0 aliphatic rings. The number of nitrogens with zero attached hydrogens (tertiary/aromatic N) is 1. The van der Waals surface area contributed by atoms with Crippen LogP contribution < -0.4 is 0 Å². The highest BCUT2D eigenvalue weighted by atomic mass is 32.2. The van der Waals surface area contributed by atoms with E-state index in [9.17, 15) is 0 Å². The predicted octanol–water partition coefficient (Wildman–Crippen LogP) is 3.74. The van der Waals surface area contributed by atoms with Crippen molar-refractivity contribution in [3.05, 3.63) is 36.4 Å². The van der Waals surface area contributed by atoms with Gasteiger partial charge in [-0.1, -0.05) is 38.1 Å². The normalized spacial score (nSPS) is 11.1. The molecule has 14 heavy (non-hydrogen) atoms. The molecule has 1 aromatic carbocycles. The molecule has 1 aromatic heterocycles. The van der Waals surface area contributed by atoms with E-state index in [1.807, 2.05) is 12.1 Å². The van der Waals surface area contributed by atoms with Crippen LogP contribution >= 0.6 is 11.8 Å². The van der Waals surface area contributed by atoms with Gasteiger partial charge in [0.2, 0.25) is 0 Å². The Kier molecular flexibility index (Phi) is 2.73. The summed E-state index contributed by atoms with van der Waals surface area (Å²) in [4.78, 5) is 4.58. The Morgan fingerprint density at radius 1 is 1.07 bits per heavy atom. The number of benzene rings is 1. The lowest BCUT2D eigenvalue weighted by atomic mass is 10.2. The lowest BCUT2D eigenvalue weighted by molar-refractivity contribution is 1.09. The number of rotatable bonds is 2. The van der Waals surface area contributed by atoms with Gasteiger partial charge in [-0.2, -0.15) is 0 Å². The standard InChI is InChI=1S/C12H13NS/c1-9(2)14-12-8-7-10-5-3-4-6-11(10)13-12/h3-9H,1-2H3. The Bertz CT molecular complexity index is 437. The van der Waals surface area contributed by atoms with E-state index < -0.39 is 0 Å². The predicted molar refractivity (Wildman–Crippen MR) is 62.7 cm³/mol. The first-order valence-corrected chi connectivity index (χ1v) is 5.66. The maximum absolute atomic E-state index is 4.58. The van der Waals surface area contributed by atoms with Crippen LogP contribution in [-0.4, -0.2) is 10.2 Å². The van der Waals surface area contributed by atoms with Gasteiger partial charge in [0, 0.05) is 10.6 Å². The number of pyridine rings is 1. The number of hydrogen-bond donors (Lipinski definition) is 0. The average molecular weight is 203 g/mol. The van der Waals surface area contributed by atoms with Crippen molar-refractivity contribution in [1.82, 2.24) is 4.98 Å². The van der Waals surface area contributed by atoms with Gasteiger partial charge in [0.25, 0.3) is 0 Å². The van der Waals surface area contributed by atoms with Crippen molar-refractivity contribution in [1.29, 1.82) is 0 Å². The van der Waals surface area contributed by atoms with Gasteiger partial charge in [-0.3, -0.25) is 0 Å². The minimum absolute atomic E-state index is 0.587. The van der Waals surface area contributed by atoms with Gasteiger partial charge in [-0.25, -0.2) is 4.98 Å². The van der Waals surface area contributed by atoms with Crippen LogP contribution in [0.4, 0.5) is 0 Å². The minimum Gasteiger partial charge on any atom is -0.241 e. The van der Waals surface area contributed by atoms with Crippen LogP contribution in [0.5, 0.6) is 0 Å². The molecule has 0 radical (unpaired) electrons. The van der Waals surface area contributed by atoms with Crippen LogP contribution in [0.2, 0.25) is 0 Å². The summed E-state index contributed by atoms with van der Waals surface area (Å²) in [6.07, 6.45) is 0. The zero-order valence-electron chi connectivity index (χ0n) is 8.40. The Hall–Kier alpha value is -1.02. The summed E-state index contributed by atoms with van der Waals surface area (Å²) in [5.74, 6) is 0. The highest BCUT2D eigenvalue weighted by Gasteiger charge is 2.00. The fourth-order valence-electron chi connectivity index (χ4n) is 1.35. The van der Waals surface area contributed by atoms with E-state index in [4.69, 9.17) is 0 Å². The van der Waals surface area contributed by atoms with E-state index in [2.05, 4.69) is 43.1 Å². The molecular formula is C12H13NS. The second-order valence-electron chi connectivity index (χ2n) is 3.51. The van der Waals surface area contributed by atoms with E-state index in [1.54, 1.807) is 11.8 Å². The first kappa shape index (κ1) is 9.53. The van der Waals surface area contributed by atoms with Crippen molar-refractivity contribution >= 4 is 22.7 Å². The quantitative estimate of drug-likeness (QED) is 0.690. The second-order valence-corrected chi connectivity index (χ2v) is 5.11. The molecule has 0 amide bonds. The zero-order valence-corrected chi connectivity index (χ0v) is 9.21. The zero-order chi connectivity index (χ0) is 9.97. The van der Waals surface area contributed by atoms with E-state index >= 15 is 0 Å². The molecule has 0 saturated carbocycles. The largest absolute Gasteiger partial charge is 0.241 e. The smallest absolute Gasteiger partial charge is 0.0970 e. The highest BCUT2D eigenvalue weighted by Crippen LogP contribution is 2.23. The molecule has 72 valence electrons. The van der Waals surface area contributed by atoms with Gasteiger partial charge in [0.1, 0.15) is 0 Å². The molecule has 1 nitrogen and oxygen atoms in total. The van der Waals surface area contributed by atoms with E-state index in [0.29, 0.717) is 5.25 Å². The first-order chi connectivity index (χ1) is 6.75. The lowest BCUT2D eigenvalue weighted by Gasteiger charge is -2.04. The summed E-state index contributed by atoms with van der Waals surface area (Å²) < 4.78 is 0. The molecule has 2 aromatic rings. The minimum atomic E-state index is 0.587. The molecule has 0 N–H and O–H groups in total. The molecule has 1 heterocycles. The fraction of sp³-hybridized carbons (Fsp3) is 0.250. The van der Waals surface area contributed by atoms with E-state index in [0.717, 1.165) is 10.5 Å². The SMILES string of the molecule is CC(C)Sc1ccc2ccccc2n1. The number of aromatic nitrogens is 1.